The van der Waals surface area contributed by atoms with Crippen LogP contribution in [0.1, 0.15) is 32.3 Å². The number of halogens is 3. The Balaban J connectivity index is 0.00000136. The minimum atomic E-state index is -2.40. The van der Waals surface area contributed by atoms with Gasteiger partial charge < -0.3 is 24.8 Å². The van der Waals surface area contributed by atoms with Crippen LogP contribution in [0.5, 0.6) is 0 Å². The van der Waals surface area contributed by atoms with E-state index in [1.165, 1.54) is 25.5 Å². The van der Waals surface area contributed by atoms with E-state index < -0.39 is 21.3 Å². The smallest absolute Gasteiger partial charge is 1.00 e. The van der Waals surface area contributed by atoms with Crippen molar-refractivity contribution in [2.45, 2.75) is 10.0 Å². The molecule has 3 aromatic carbocycles. The number of benzene rings is 3. The molecule has 0 amide bonds. The van der Waals surface area contributed by atoms with Gasteiger partial charge in [-0.3, -0.25) is 0 Å². The maximum Gasteiger partial charge on any atom is -1.00 e. The molecule has 1 unspecified atom stereocenters. The summed E-state index contributed by atoms with van der Waals surface area (Å²) in [6, 6.07) is 28.2. The molecule has 0 saturated heterocycles. The van der Waals surface area contributed by atoms with Crippen LogP contribution in [0.4, 0.5) is 0 Å². The average molecular weight is 543 g/mol. The molecule has 31 heavy (non-hydrogen) atoms. The number of allylic oxidation sites excluding steroid dienone is 5. The van der Waals surface area contributed by atoms with Crippen LogP contribution in [-0.2, 0) is 21.3 Å². The van der Waals surface area contributed by atoms with E-state index in [0.717, 1.165) is 11.4 Å². The minimum absolute atomic E-state index is 0. The Hall–Kier alpha value is -1.50. The molecule has 0 aromatic heterocycles. The van der Waals surface area contributed by atoms with Gasteiger partial charge in [-0.15, -0.1) is 0 Å². The predicted molar refractivity (Wildman–Crippen MR) is 121 cm³/mol. The Labute approximate surface area is 209 Å². The van der Waals surface area contributed by atoms with E-state index in [4.69, 9.17) is 11.6 Å². The van der Waals surface area contributed by atoms with Crippen molar-refractivity contribution < 1.29 is 46.1 Å². The fourth-order valence-electron chi connectivity index (χ4n) is 4.39. The van der Waals surface area contributed by atoms with Gasteiger partial charge in [-0.2, -0.15) is 0 Å². The van der Waals surface area contributed by atoms with Crippen molar-refractivity contribution in [2.75, 3.05) is 0 Å². The van der Waals surface area contributed by atoms with Crippen LogP contribution in [0.15, 0.2) is 106 Å². The van der Waals surface area contributed by atoms with Gasteiger partial charge in [-0.25, -0.2) is 0 Å². The number of rotatable bonds is 4. The first-order valence-corrected chi connectivity index (χ1v) is 14.3. The van der Waals surface area contributed by atoms with Gasteiger partial charge in [0.05, 0.1) is 0 Å². The van der Waals surface area contributed by atoms with Gasteiger partial charge in [-0.05, 0) is 0 Å². The number of hydrogen-bond acceptors (Lipinski definition) is 0. The molecule has 0 aliphatic heterocycles. The third kappa shape index (κ3) is 4.81. The summed E-state index contributed by atoms with van der Waals surface area (Å²) in [5.74, 6) is 0. The van der Waals surface area contributed by atoms with Crippen LogP contribution in [0, 0.1) is 0 Å². The molecular formula is C27H21Cl3Zr. The van der Waals surface area contributed by atoms with E-state index in [1.807, 2.05) is 12.1 Å². The Morgan fingerprint density at radius 3 is 2.29 bits per heavy atom. The van der Waals surface area contributed by atoms with Crippen molar-refractivity contribution >= 4 is 20.9 Å². The Kier molecular flexibility index (Phi) is 8.48. The fraction of sp³-hybridized carbons (Fsp3) is 0.0741. The van der Waals surface area contributed by atoms with Gasteiger partial charge in [0.25, 0.3) is 0 Å². The maximum atomic E-state index is 6.78. The van der Waals surface area contributed by atoms with Crippen molar-refractivity contribution in [3.8, 4) is 0 Å². The molecule has 4 heteroatoms. The SMILES string of the molecule is Clc1ccccc1[C](c1ccccc1)=[Zr+2]([C]1=CC=CC1)[CH]1C=Cc2ccccc21.[Cl-].[Cl-]. The molecule has 1 atom stereocenters. The standard InChI is InChI=1S/C13H9Cl.C9H7.C5H5.2ClH.Zr/c14-13-9-5-4-8-12(13)10-11-6-2-1-3-7-11;1-2-5-9-7-3-6-8(9)4-1;1-2-4-5-3-1;;;/h1-9H;1-7H;1-3H,4H2;2*1H;/q;;;;;+2/p-2. The molecule has 5 rings (SSSR count). The zero-order valence-corrected chi connectivity index (χ0v) is 21.5. The van der Waals surface area contributed by atoms with Crippen LogP contribution < -0.4 is 24.8 Å². The van der Waals surface area contributed by atoms with Crippen LogP contribution in [0.3, 0.4) is 0 Å². The van der Waals surface area contributed by atoms with Gasteiger partial charge >= 0.3 is 186 Å². The Bertz CT molecular complexity index is 1190. The summed E-state index contributed by atoms with van der Waals surface area (Å²) in [7, 11) is 0. The van der Waals surface area contributed by atoms with Crippen molar-refractivity contribution in [3.05, 3.63) is 134 Å². The van der Waals surface area contributed by atoms with Crippen LogP contribution in [0.25, 0.3) is 6.08 Å². The van der Waals surface area contributed by atoms with E-state index >= 15 is 0 Å². The molecule has 0 heterocycles. The minimum Gasteiger partial charge on any atom is -1.00 e. The Morgan fingerprint density at radius 1 is 0.839 bits per heavy atom. The zero-order chi connectivity index (χ0) is 19.6. The normalized spacial score (nSPS) is 16.1. The molecule has 0 radical (unpaired) electrons. The molecular weight excluding hydrogens is 522 g/mol. The largest absolute Gasteiger partial charge is 1.00 e. The number of hydrogen-bond donors (Lipinski definition) is 0. The van der Waals surface area contributed by atoms with E-state index in [-0.39, 0.29) is 24.8 Å². The molecule has 3 aromatic rings. The second kappa shape index (κ2) is 10.9. The van der Waals surface area contributed by atoms with Crippen LogP contribution >= 0.6 is 11.6 Å². The summed E-state index contributed by atoms with van der Waals surface area (Å²) in [5, 5.41) is 0.853. The van der Waals surface area contributed by atoms with Gasteiger partial charge in [0.15, 0.2) is 0 Å². The zero-order valence-electron chi connectivity index (χ0n) is 16.8. The first kappa shape index (κ1) is 24.2. The van der Waals surface area contributed by atoms with Gasteiger partial charge in [0.1, 0.15) is 0 Å². The van der Waals surface area contributed by atoms with Gasteiger partial charge in [0, 0.05) is 0 Å². The van der Waals surface area contributed by atoms with E-state index in [9.17, 15) is 0 Å². The van der Waals surface area contributed by atoms with Crippen molar-refractivity contribution in [1.82, 2.24) is 0 Å². The summed E-state index contributed by atoms with van der Waals surface area (Å²) in [6.07, 6.45) is 12.8. The number of fused-ring (bicyclic) bond motifs is 1. The molecule has 154 valence electrons. The molecule has 0 spiro atoms. The van der Waals surface area contributed by atoms with E-state index in [0.29, 0.717) is 3.63 Å². The van der Waals surface area contributed by atoms with Crippen LogP contribution in [0.2, 0.25) is 5.02 Å². The molecule has 0 bridgehead atoms. The summed E-state index contributed by atoms with van der Waals surface area (Å²) >= 11 is 4.38. The third-order valence-corrected chi connectivity index (χ3v) is 14.1. The van der Waals surface area contributed by atoms with Gasteiger partial charge in [-0.1, -0.05) is 0 Å². The molecule has 2 aliphatic carbocycles. The van der Waals surface area contributed by atoms with E-state index in [2.05, 4.69) is 97.1 Å². The van der Waals surface area contributed by atoms with E-state index in [1.54, 1.807) is 3.28 Å². The monoisotopic (exact) mass is 540 g/mol. The van der Waals surface area contributed by atoms with Gasteiger partial charge in [0.2, 0.25) is 0 Å². The first-order chi connectivity index (χ1) is 14.3. The molecule has 0 nitrogen and oxygen atoms in total. The maximum absolute atomic E-state index is 6.78. The second-order valence-corrected chi connectivity index (χ2v) is 14.2. The summed E-state index contributed by atoms with van der Waals surface area (Å²) < 4.78 is 3.63. The summed E-state index contributed by atoms with van der Waals surface area (Å²) in [6.45, 7) is 0. The second-order valence-electron chi connectivity index (χ2n) is 7.42. The molecule has 2 aliphatic rings. The first-order valence-electron chi connectivity index (χ1n) is 10.0. The van der Waals surface area contributed by atoms with Crippen molar-refractivity contribution in [1.29, 1.82) is 0 Å². The molecule has 0 N–H and O–H groups in total. The third-order valence-electron chi connectivity index (χ3n) is 5.70. The summed E-state index contributed by atoms with van der Waals surface area (Å²) in [5.41, 5.74) is 5.38. The summed E-state index contributed by atoms with van der Waals surface area (Å²) in [4.78, 5) is 0. The molecule has 0 fully saturated rings. The fourth-order valence-corrected chi connectivity index (χ4v) is 13.4. The topological polar surface area (TPSA) is 0 Å². The van der Waals surface area contributed by atoms with Crippen molar-refractivity contribution in [3.63, 3.8) is 0 Å². The van der Waals surface area contributed by atoms with Crippen molar-refractivity contribution in [2.24, 2.45) is 0 Å². The Morgan fingerprint density at radius 2 is 1.55 bits per heavy atom. The molecule has 0 saturated carbocycles. The average Bonchev–Trinajstić information content (AvgIpc) is 3.44. The predicted octanol–water partition coefficient (Wildman–Crippen LogP) is 1.15. The van der Waals surface area contributed by atoms with Crippen LogP contribution in [-0.4, -0.2) is 3.21 Å². The quantitative estimate of drug-likeness (QED) is 0.464.